The van der Waals surface area contributed by atoms with E-state index in [9.17, 15) is 5.11 Å². The summed E-state index contributed by atoms with van der Waals surface area (Å²) in [4.78, 5) is 0. The first kappa shape index (κ1) is 15.1. The van der Waals surface area contributed by atoms with Crippen molar-refractivity contribution in [1.82, 2.24) is 5.32 Å². The van der Waals surface area contributed by atoms with Gasteiger partial charge in [-0.3, -0.25) is 0 Å². The zero-order chi connectivity index (χ0) is 14.7. The molecule has 2 aliphatic carbocycles. The Hall–Kier alpha value is -0.770. The van der Waals surface area contributed by atoms with Gasteiger partial charge in [0.05, 0.1) is 11.1 Å². The van der Waals surface area contributed by atoms with Gasteiger partial charge in [0, 0.05) is 12.6 Å². The predicted molar refractivity (Wildman–Crippen MR) is 84.8 cm³/mol. The summed E-state index contributed by atoms with van der Waals surface area (Å²) >= 11 is 6.33. The highest BCUT2D eigenvalue weighted by Crippen LogP contribution is 2.30. The van der Waals surface area contributed by atoms with E-state index in [0.717, 1.165) is 32.2 Å². The first-order chi connectivity index (χ1) is 10.2. The van der Waals surface area contributed by atoms with Crippen molar-refractivity contribution < 1.29 is 9.84 Å². The second kappa shape index (κ2) is 6.99. The monoisotopic (exact) mass is 309 g/mol. The molecule has 2 aliphatic rings. The summed E-state index contributed by atoms with van der Waals surface area (Å²) in [5.74, 6) is 0.692. The van der Waals surface area contributed by atoms with Crippen molar-refractivity contribution >= 4 is 11.6 Å². The van der Waals surface area contributed by atoms with Crippen LogP contribution in [0.3, 0.4) is 0 Å². The molecule has 1 aromatic carbocycles. The molecule has 116 valence electrons. The van der Waals surface area contributed by atoms with Crippen LogP contribution in [0.2, 0.25) is 5.02 Å². The van der Waals surface area contributed by atoms with E-state index >= 15 is 0 Å². The third-order valence-electron chi connectivity index (χ3n) is 4.36. The Morgan fingerprint density at radius 2 is 1.95 bits per heavy atom. The van der Waals surface area contributed by atoms with E-state index in [1.165, 1.54) is 24.8 Å². The number of hydrogen-bond acceptors (Lipinski definition) is 3. The van der Waals surface area contributed by atoms with E-state index in [2.05, 4.69) is 11.4 Å². The van der Waals surface area contributed by atoms with Gasteiger partial charge >= 0.3 is 0 Å². The Morgan fingerprint density at radius 3 is 2.71 bits per heavy atom. The Bertz CT molecular complexity index is 476. The summed E-state index contributed by atoms with van der Waals surface area (Å²) < 4.78 is 5.97. The minimum Gasteiger partial charge on any atom is -0.486 e. The fraction of sp³-hybridized carbons (Fsp3) is 0.647. The highest BCUT2D eigenvalue weighted by atomic mass is 35.5. The topological polar surface area (TPSA) is 41.5 Å². The lowest BCUT2D eigenvalue weighted by Gasteiger charge is -2.22. The summed E-state index contributed by atoms with van der Waals surface area (Å²) in [7, 11) is 0. The molecule has 0 bridgehead atoms. The van der Waals surface area contributed by atoms with E-state index in [-0.39, 0.29) is 12.2 Å². The van der Waals surface area contributed by atoms with Crippen molar-refractivity contribution in [2.75, 3.05) is 0 Å². The van der Waals surface area contributed by atoms with Crippen LogP contribution in [0.15, 0.2) is 18.2 Å². The molecule has 0 aromatic heterocycles. The molecule has 2 atom stereocenters. The summed E-state index contributed by atoms with van der Waals surface area (Å²) in [6.45, 7) is 0.858. The van der Waals surface area contributed by atoms with Crippen LogP contribution in [-0.4, -0.2) is 23.4 Å². The van der Waals surface area contributed by atoms with Crippen LogP contribution in [0.1, 0.15) is 50.5 Å². The maximum Gasteiger partial charge on any atom is 0.138 e. The number of benzene rings is 1. The first-order valence-electron chi connectivity index (χ1n) is 8.09. The quantitative estimate of drug-likeness (QED) is 0.816. The van der Waals surface area contributed by atoms with Gasteiger partial charge in [0.2, 0.25) is 0 Å². The Labute approximate surface area is 131 Å². The van der Waals surface area contributed by atoms with E-state index in [4.69, 9.17) is 16.3 Å². The Morgan fingerprint density at radius 1 is 1.14 bits per heavy atom. The third-order valence-corrected chi connectivity index (χ3v) is 4.66. The van der Waals surface area contributed by atoms with Crippen LogP contribution >= 0.6 is 11.6 Å². The van der Waals surface area contributed by atoms with Crippen molar-refractivity contribution in [2.45, 2.75) is 69.7 Å². The molecule has 0 spiro atoms. The van der Waals surface area contributed by atoms with Gasteiger partial charge in [-0.05, 0) is 49.8 Å². The molecule has 0 radical (unpaired) electrons. The van der Waals surface area contributed by atoms with Crippen LogP contribution in [-0.2, 0) is 6.54 Å². The maximum atomic E-state index is 10.1. The normalized spacial score (nSPS) is 26.4. The van der Waals surface area contributed by atoms with Crippen LogP contribution in [0.4, 0.5) is 0 Å². The molecule has 2 unspecified atom stereocenters. The summed E-state index contributed by atoms with van der Waals surface area (Å²) in [6, 6.07) is 6.65. The molecule has 21 heavy (non-hydrogen) atoms. The summed E-state index contributed by atoms with van der Waals surface area (Å²) in [5.41, 5.74) is 1.18. The molecule has 3 rings (SSSR count). The van der Waals surface area contributed by atoms with E-state index in [1.807, 2.05) is 12.1 Å². The SMILES string of the molecule is OC1CCCCCC1Oc1ccc(CNC2CC2)cc1Cl. The molecule has 0 heterocycles. The molecule has 2 N–H and O–H groups in total. The summed E-state index contributed by atoms with van der Waals surface area (Å²) in [6.07, 6.45) is 7.18. The lowest BCUT2D eigenvalue weighted by molar-refractivity contribution is 0.0320. The molecule has 1 aromatic rings. The zero-order valence-electron chi connectivity index (χ0n) is 12.4. The van der Waals surface area contributed by atoms with Crippen molar-refractivity contribution in [3.8, 4) is 5.75 Å². The lowest BCUT2D eigenvalue weighted by Crippen LogP contribution is -2.30. The summed E-state index contributed by atoms with van der Waals surface area (Å²) in [5, 5.41) is 14.2. The number of rotatable bonds is 5. The number of aliphatic hydroxyl groups is 1. The minimum atomic E-state index is -0.375. The van der Waals surface area contributed by atoms with Gasteiger partial charge in [0.1, 0.15) is 11.9 Å². The smallest absolute Gasteiger partial charge is 0.138 e. The number of nitrogens with one attached hydrogen (secondary N) is 1. The molecular formula is C17H24ClNO2. The van der Waals surface area contributed by atoms with Crippen LogP contribution in [0.5, 0.6) is 5.75 Å². The average Bonchev–Trinajstić information content (AvgIpc) is 3.29. The second-order valence-electron chi connectivity index (χ2n) is 6.28. The minimum absolute atomic E-state index is 0.125. The number of ether oxygens (including phenoxy) is 1. The standard InChI is InChI=1S/C17H24ClNO2/c18-14-10-12(11-19-13-7-8-13)6-9-16(14)21-17-5-3-1-2-4-15(17)20/h6,9-10,13,15,17,19-20H,1-5,7-8,11H2. The van der Waals surface area contributed by atoms with Crippen LogP contribution < -0.4 is 10.1 Å². The highest BCUT2D eigenvalue weighted by Gasteiger charge is 2.24. The fourth-order valence-corrected chi connectivity index (χ4v) is 3.10. The molecule has 3 nitrogen and oxygen atoms in total. The second-order valence-corrected chi connectivity index (χ2v) is 6.69. The van der Waals surface area contributed by atoms with Crippen molar-refractivity contribution in [2.24, 2.45) is 0 Å². The van der Waals surface area contributed by atoms with Crippen molar-refractivity contribution in [1.29, 1.82) is 0 Å². The van der Waals surface area contributed by atoms with Gasteiger partial charge in [-0.15, -0.1) is 0 Å². The number of hydrogen-bond donors (Lipinski definition) is 2. The molecule has 0 aliphatic heterocycles. The van der Waals surface area contributed by atoms with E-state index in [1.54, 1.807) is 0 Å². The largest absolute Gasteiger partial charge is 0.486 e. The predicted octanol–water partition coefficient (Wildman–Crippen LogP) is 3.66. The Kier molecular flexibility index (Phi) is 5.04. The maximum absolute atomic E-state index is 10.1. The zero-order valence-corrected chi connectivity index (χ0v) is 13.1. The third kappa shape index (κ3) is 4.35. The average molecular weight is 310 g/mol. The van der Waals surface area contributed by atoms with Crippen LogP contribution in [0, 0.1) is 0 Å². The van der Waals surface area contributed by atoms with Gasteiger partial charge in [-0.25, -0.2) is 0 Å². The lowest BCUT2D eigenvalue weighted by atomic mass is 10.1. The van der Waals surface area contributed by atoms with Gasteiger partial charge in [-0.1, -0.05) is 30.5 Å². The van der Waals surface area contributed by atoms with Gasteiger partial charge < -0.3 is 15.2 Å². The van der Waals surface area contributed by atoms with Gasteiger partial charge in [0.15, 0.2) is 0 Å². The first-order valence-corrected chi connectivity index (χ1v) is 8.47. The van der Waals surface area contributed by atoms with E-state index < -0.39 is 0 Å². The number of aliphatic hydroxyl groups excluding tert-OH is 1. The fourth-order valence-electron chi connectivity index (χ4n) is 2.85. The molecule has 2 fully saturated rings. The number of halogens is 1. The molecule has 0 saturated heterocycles. The highest BCUT2D eigenvalue weighted by molar-refractivity contribution is 6.32. The molecule has 4 heteroatoms. The van der Waals surface area contributed by atoms with Crippen molar-refractivity contribution in [3.05, 3.63) is 28.8 Å². The van der Waals surface area contributed by atoms with Gasteiger partial charge in [0.25, 0.3) is 0 Å². The Balaban J connectivity index is 1.61. The van der Waals surface area contributed by atoms with Crippen LogP contribution in [0.25, 0.3) is 0 Å². The van der Waals surface area contributed by atoms with E-state index in [0.29, 0.717) is 16.8 Å². The molecular weight excluding hydrogens is 286 g/mol. The molecule has 0 amide bonds. The van der Waals surface area contributed by atoms with Crippen molar-refractivity contribution in [3.63, 3.8) is 0 Å². The molecule has 2 saturated carbocycles. The van der Waals surface area contributed by atoms with Gasteiger partial charge in [-0.2, -0.15) is 0 Å².